The van der Waals surface area contributed by atoms with E-state index in [1.165, 1.54) is 12.1 Å². The van der Waals surface area contributed by atoms with E-state index in [0.717, 1.165) is 18.2 Å². The number of carbonyl (C=O) groups is 3. The highest BCUT2D eigenvalue weighted by Crippen LogP contribution is 2.30. The van der Waals surface area contributed by atoms with E-state index in [1.54, 1.807) is 25.1 Å². The van der Waals surface area contributed by atoms with Gasteiger partial charge in [-0.15, -0.1) is 0 Å². The molecular formula is C19H17F3N2O3. The van der Waals surface area contributed by atoms with E-state index < -0.39 is 30.0 Å². The lowest BCUT2D eigenvalue weighted by molar-refractivity contribution is -0.137. The normalized spacial score (nSPS) is 11.0. The predicted octanol–water partition coefficient (Wildman–Crippen LogP) is 4.27. The zero-order chi connectivity index (χ0) is 20.0. The minimum atomic E-state index is -4.53. The maximum Gasteiger partial charge on any atom is 0.416 e. The van der Waals surface area contributed by atoms with Gasteiger partial charge in [-0.05, 0) is 30.3 Å². The standard InChI is InChI=1S/C19H17F3N2O3/c1-2-16(25)12-5-3-7-14(9-12)23-17(26)11-18(27)24-15-8-4-6-13(10-15)19(20,21)22/h3-10H,2,11H2,1H3,(H,23,26)(H,24,27). The van der Waals surface area contributed by atoms with Crippen LogP contribution in [0.25, 0.3) is 0 Å². The van der Waals surface area contributed by atoms with Gasteiger partial charge in [0.2, 0.25) is 11.8 Å². The van der Waals surface area contributed by atoms with Crippen molar-refractivity contribution >= 4 is 29.0 Å². The van der Waals surface area contributed by atoms with E-state index in [4.69, 9.17) is 0 Å². The first kappa shape index (κ1) is 20.2. The second kappa shape index (κ2) is 8.48. The molecule has 0 bridgehead atoms. The maximum atomic E-state index is 12.7. The van der Waals surface area contributed by atoms with Crippen LogP contribution in [0.4, 0.5) is 24.5 Å². The van der Waals surface area contributed by atoms with Crippen molar-refractivity contribution in [3.63, 3.8) is 0 Å². The molecule has 2 amide bonds. The zero-order valence-electron chi connectivity index (χ0n) is 14.4. The highest BCUT2D eigenvalue weighted by molar-refractivity contribution is 6.08. The second-order valence-electron chi connectivity index (χ2n) is 5.71. The van der Waals surface area contributed by atoms with Gasteiger partial charge in [0.15, 0.2) is 5.78 Å². The lowest BCUT2D eigenvalue weighted by Gasteiger charge is -2.10. The van der Waals surface area contributed by atoms with Crippen LogP contribution in [0.3, 0.4) is 0 Å². The van der Waals surface area contributed by atoms with Gasteiger partial charge < -0.3 is 10.6 Å². The number of halogens is 3. The van der Waals surface area contributed by atoms with E-state index in [2.05, 4.69) is 10.6 Å². The molecule has 0 unspecified atom stereocenters. The van der Waals surface area contributed by atoms with E-state index in [-0.39, 0.29) is 11.5 Å². The first-order chi connectivity index (χ1) is 12.7. The minimum absolute atomic E-state index is 0.0573. The fourth-order valence-corrected chi connectivity index (χ4v) is 2.30. The SMILES string of the molecule is CCC(=O)c1cccc(NC(=O)CC(=O)Nc2cccc(C(F)(F)F)c2)c1. The molecule has 0 aliphatic carbocycles. The number of Topliss-reactive ketones (excluding diaryl/α,β-unsaturated/α-hetero) is 1. The Kier molecular flexibility index (Phi) is 6.33. The number of hydrogen-bond donors (Lipinski definition) is 2. The summed E-state index contributed by atoms with van der Waals surface area (Å²) in [4.78, 5) is 35.5. The number of alkyl halides is 3. The largest absolute Gasteiger partial charge is 0.416 e. The maximum absolute atomic E-state index is 12.7. The molecule has 5 nitrogen and oxygen atoms in total. The Hall–Kier alpha value is -3.16. The minimum Gasteiger partial charge on any atom is -0.326 e. The van der Waals surface area contributed by atoms with Crippen molar-refractivity contribution in [2.45, 2.75) is 25.9 Å². The molecular weight excluding hydrogens is 361 g/mol. The second-order valence-corrected chi connectivity index (χ2v) is 5.71. The average Bonchev–Trinajstić information content (AvgIpc) is 2.60. The van der Waals surface area contributed by atoms with E-state index in [9.17, 15) is 27.6 Å². The Morgan fingerprint density at radius 1 is 0.889 bits per heavy atom. The van der Waals surface area contributed by atoms with Gasteiger partial charge in [-0.1, -0.05) is 25.1 Å². The van der Waals surface area contributed by atoms with Gasteiger partial charge in [0.05, 0.1) is 5.56 Å². The molecule has 0 saturated carbocycles. The highest BCUT2D eigenvalue weighted by atomic mass is 19.4. The zero-order valence-corrected chi connectivity index (χ0v) is 14.4. The van der Waals surface area contributed by atoms with Crippen molar-refractivity contribution in [2.75, 3.05) is 10.6 Å². The van der Waals surface area contributed by atoms with Crippen molar-refractivity contribution in [1.82, 2.24) is 0 Å². The van der Waals surface area contributed by atoms with Crippen LogP contribution in [-0.2, 0) is 15.8 Å². The number of ketones is 1. The summed E-state index contributed by atoms with van der Waals surface area (Å²) < 4.78 is 38.0. The van der Waals surface area contributed by atoms with Crippen LogP contribution in [0.2, 0.25) is 0 Å². The molecule has 2 aromatic carbocycles. The summed E-state index contributed by atoms with van der Waals surface area (Å²) in [5.41, 5.74) is -0.171. The number of nitrogens with one attached hydrogen (secondary N) is 2. The third kappa shape index (κ3) is 5.95. The monoisotopic (exact) mass is 378 g/mol. The van der Waals surface area contributed by atoms with Crippen molar-refractivity contribution in [3.8, 4) is 0 Å². The molecule has 0 saturated heterocycles. The smallest absolute Gasteiger partial charge is 0.326 e. The molecule has 0 fully saturated rings. The Morgan fingerprint density at radius 2 is 1.44 bits per heavy atom. The summed E-state index contributed by atoms with van der Waals surface area (Å²) >= 11 is 0. The summed E-state index contributed by atoms with van der Waals surface area (Å²) in [5, 5.41) is 4.74. The fraction of sp³-hybridized carbons (Fsp3) is 0.211. The number of hydrogen-bond acceptors (Lipinski definition) is 3. The number of carbonyl (C=O) groups excluding carboxylic acids is 3. The van der Waals surface area contributed by atoms with Gasteiger partial charge >= 0.3 is 6.18 Å². The molecule has 0 aliphatic rings. The first-order valence-electron chi connectivity index (χ1n) is 8.09. The summed E-state index contributed by atoms with van der Waals surface area (Å²) in [6.45, 7) is 1.71. The van der Waals surface area contributed by atoms with Crippen LogP contribution < -0.4 is 10.6 Å². The molecule has 0 aliphatic heterocycles. The van der Waals surface area contributed by atoms with Crippen molar-refractivity contribution < 1.29 is 27.6 Å². The van der Waals surface area contributed by atoms with Crippen LogP contribution in [0.15, 0.2) is 48.5 Å². The van der Waals surface area contributed by atoms with Gasteiger partial charge in [0, 0.05) is 23.4 Å². The summed E-state index contributed by atoms with van der Waals surface area (Å²) in [6.07, 6.45) is -4.79. The van der Waals surface area contributed by atoms with Crippen LogP contribution in [0.1, 0.15) is 35.7 Å². The van der Waals surface area contributed by atoms with E-state index in [1.807, 2.05) is 0 Å². The summed E-state index contributed by atoms with van der Waals surface area (Å²) in [5.74, 6) is -1.50. The molecule has 0 atom stereocenters. The molecule has 0 aromatic heterocycles. The lowest BCUT2D eigenvalue weighted by Crippen LogP contribution is -2.21. The third-order valence-electron chi connectivity index (χ3n) is 3.58. The molecule has 2 N–H and O–H groups in total. The van der Waals surface area contributed by atoms with E-state index in [0.29, 0.717) is 17.7 Å². The first-order valence-corrected chi connectivity index (χ1v) is 8.09. The van der Waals surface area contributed by atoms with Crippen molar-refractivity contribution in [3.05, 3.63) is 59.7 Å². The molecule has 0 heterocycles. The predicted molar refractivity (Wildman–Crippen MR) is 94.4 cm³/mol. The molecule has 0 radical (unpaired) electrons. The van der Waals surface area contributed by atoms with Gasteiger partial charge in [0.1, 0.15) is 6.42 Å². The van der Waals surface area contributed by atoms with Crippen molar-refractivity contribution in [1.29, 1.82) is 0 Å². The molecule has 2 rings (SSSR count). The Bertz CT molecular complexity index is 863. The summed E-state index contributed by atoms with van der Waals surface area (Å²) in [7, 11) is 0. The van der Waals surface area contributed by atoms with Crippen LogP contribution >= 0.6 is 0 Å². The molecule has 2 aromatic rings. The summed E-state index contributed by atoms with van der Waals surface area (Å²) in [6, 6.07) is 10.4. The number of amides is 2. The van der Waals surface area contributed by atoms with Crippen molar-refractivity contribution in [2.24, 2.45) is 0 Å². The Morgan fingerprint density at radius 3 is 2.00 bits per heavy atom. The van der Waals surface area contributed by atoms with Crippen LogP contribution in [0.5, 0.6) is 0 Å². The quantitative estimate of drug-likeness (QED) is 0.582. The Balaban J connectivity index is 1.96. The molecule has 0 spiro atoms. The molecule has 8 heteroatoms. The van der Waals surface area contributed by atoms with Gasteiger partial charge in [-0.2, -0.15) is 13.2 Å². The van der Waals surface area contributed by atoms with Gasteiger partial charge in [0.25, 0.3) is 0 Å². The third-order valence-corrected chi connectivity index (χ3v) is 3.58. The lowest BCUT2D eigenvalue weighted by atomic mass is 10.1. The number of rotatable bonds is 6. The number of benzene rings is 2. The average molecular weight is 378 g/mol. The highest BCUT2D eigenvalue weighted by Gasteiger charge is 2.30. The number of anilines is 2. The fourth-order valence-electron chi connectivity index (χ4n) is 2.30. The molecule has 27 heavy (non-hydrogen) atoms. The topological polar surface area (TPSA) is 75.3 Å². The van der Waals surface area contributed by atoms with Gasteiger partial charge in [-0.25, -0.2) is 0 Å². The Labute approximate surface area is 153 Å². The molecule has 142 valence electrons. The van der Waals surface area contributed by atoms with E-state index >= 15 is 0 Å². The van der Waals surface area contributed by atoms with Crippen LogP contribution in [-0.4, -0.2) is 17.6 Å². The van der Waals surface area contributed by atoms with Gasteiger partial charge in [-0.3, -0.25) is 14.4 Å². The van der Waals surface area contributed by atoms with Crippen LogP contribution in [0, 0.1) is 0 Å².